The second-order valence-corrected chi connectivity index (χ2v) is 3.41. The molecular weight excluding hydrogens is 194 g/mol. The second kappa shape index (κ2) is 4.82. The summed E-state index contributed by atoms with van der Waals surface area (Å²) in [4.78, 5) is 11.6. The van der Waals surface area contributed by atoms with E-state index in [9.17, 15) is 4.79 Å². The topological polar surface area (TPSA) is 70.1 Å². The van der Waals surface area contributed by atoms with Crippen molar-refractivity contribution in [1.29, 1.82) is 0 Å². The molecule has 0 saturated heterocycles. The van der Waals surface area contributed by atoms with E-state index in [4.69, 9.17) is 10.5 Å². The summed E-state index contributed by atoms with van der Waals surface area (Å²) in [5, 5.41) is 4.03. The Morgan fingerprint density at radius 2 is 2.33 bits per heavy atom. The third-order valence-electron chi connectivity index (χ3n) is 2.19. The molecule has 5 nitrogen and oxygen atoms in total. The zero-order chi connectivity index (χ0) is 11.4. The van der Waals surface area contributed by atoms with Gasteiger partial charge in [-0.3, -0.25) is 4.68 Å². The summed E-state index contributed by atoms with van der Waals surface area (Å²) in [6, 6.07) is 0. The quantitative estimate of drug-likeness (QED) is 0.765. The van der Waals surface area contributed by atoms with Gasteiger partial charge >= 0.3 is 5.97 Å². The molecule has 1 heterocycles. The van der Waals surface area contributed by atoms with Crippen molar-refractivity contribution in [2.45, 2.75) is 39.8 Å². The Labute approximate surface area is 89.2 Å². The average molecular weight is 211 g/mol. The average Bonchev–Trinajstić information content (AvgIpc) is 2.59. The lowest BCUT2D eigenvalue weighted by Gasteiger charge is -2.09. The number of nitrogens with zero attached hydrogens (tertiary/aromatic N) is 2. The number of hydrogen-bond donors (Lipinski definition) is 1. The summed E-state index contributed by atoms with van der Waals surface area (Å²) in [6.07, 6.45) is 2.30. The highest BCUT2D eigenvalue weighted by Crippen LogP contribution is 2.12. The Kier molecular flexibility index (Phi) is 3.71. The Balaban J connectivity index is 2.77. The normalized spacial score (nSPS) is 12.5. The van der Waals surface area contributed by atoms with Crippen LogP contribution in [0.15, 0.2) is 6.20 Å². The van der Waals surface area contributed by atoms with Crippen LogP contribution in [0.5, 0.6) is 0 Å². The molecule has 0 radical (unpaired) electrons. The van der Waals surface area contributed by atoms with Gasteiger partial charge in [0.25, 0.3) is 0 Å². The van der Waals surface area contributed by atoms with Crippen molar-refractivity contribution in [3.05, 3.63) is 11.9 Å². The molecular formula is C10H17N3O2. The molecule has 0 aromatic carbocycles. The summed E-state index contributed by atoms with van der Waals surface area (Å²) >= 11 is 0. The van der Waals surface area contributed by atoms with E-state index >= 15 is 0 Å². The number of nitrogen functional groups attached to an aromatic ring is 1. The lowest BCUT2D eigenvalue weighted by molar-refractivity contribution is 0.0328. The number of ether oxygens (including phenoxy) is 1. The maximum Gasteiger partial charge on any atom is 0.361 e. The van der Waals surface area contributed by atoms with E-state index in [0.717, 1.165) is 6.42 Å². The molecule has 2 N–H and O–H groups in total. The molecule has 0 fully saturated rings. The van der Waals surface area contributed by atoms with Gasteiger partial charge in [-0.25, -0.2) is 4.79 Å². The first-order chi connectivity index (χ1) is 7.08. The minimum absolute atomic E-state index is 0.108. The van der Waals surface area contributed by atoms with E-state index in [1.165, 1.54) is 0 Å². The summed E-state index contributed by atoms with van der Waals surface area (Å²) < 4.78 is 6.74. The number of nitrogens with two attached hydrogens (primary N) is 1. The molecule has 0 saturated carbocycles. The standard InChI is InChI=1S/C10H17N3O2/c1-4-7(3)15-10(14)9-8(11)6-13(5-2)12-9/h6-7H,4-5,11H2,1-3H3. The van der Waals surface area contributed by atoms with Crippen LogP contribution in [0.2, 0.25) is 0 Å². The molecule has 0 bridgehead atoms. The van der Waals surface area contributed by atoms with Gasteiger partial charge in [-0.1, -0.05) is 6.92 Å². The van der Waals surface area contributed by atoms with Crippen LogP contribution < -0.4 is 5.73 Å². The Morgan fingerprint density at radius 1 is 1.67 bits per heavy atom. The highest BCUT2D eigenvalue weighted by molar-refractivity contribution is 5.92. The molecule has 0 aliphatic carbocycles. The Morgan fingerprint density at radius 3 is 2.80 bits per heavy atom. The predicted molar refractivity (Wildman–Crippen MR) is 57.5 cm³/mol. The number of aryl methyl sites for hydroxylation is 1. The number of carbonyl (C=O) groups is 1. The van der Waals surface area contributed by atoms with Crippen molar-refractivity contribution in [3.63, 3.8) is 0 Å². The van der Waals surface area contributed by atoms with Gasteiger partial charge in [0, 0.05) is 12.7 Å². The van der Waals surface area contributed by atoms with Crippen molar-refractivity contribution < 1.29 is 9.53 Å². The van der Waals surface area contributed by atoms with Crippen LogP contribution in [0.3, 0.4) is 0 Å². The van der Waals surface area contributed by atoms with Crippen LogP contribution >= 0.6 is 0 Å². The van der Waals surface area contributed by atoms with E-state index in [1.54, 1.807) is 10.9 Å². The van der Waals surface area contributed by atoms with Crippen molar-refractivity contribution in [2.24, 2.45) is 0 Å². The van der Waals surface area contributed by atoms with Crippen molar-refractivity contribution in [2.75, 3.05) is 5.73 Å². The van der Waals surface area contributed by atoms with E-state index in [0.29, 0.717) is 12.2 Å². The van der Waals surface area contributed by atoms with Crippen LogP contribution in [0.1, 0.15) is 37.7 Å². The van der Waals surface area contributed by atoms with Gasteiger partial charge in [-0.15, -0.1) is 0 Å². The molecule has 1 aromatic heterocycles. The smallest absolute Gasteiger partial charge is 0.361 e. The molecule has 84 valence electrons. The number of hydrogen-bond acceptors (Lipinski definition) is 4. The fourth-order valence-electron chi connectivity index (χ4n) is 1.08. The van der Waals surface area contributed by atoms with Crippen molar-refractivity contribution >= 4 is 11.7 Å². The zero-order valence-corrected chi connectivity index (χ0v) is 9.36. The number of anilines is 1. The first kappa shape index (κ1) is 11.6. The van der Waals surface area contributed by atoms with Gasteiger partial charge in [-0.05, 0) is 20.3 Å². The Bertz CT molecular complexity index is 346. The van der Waals surface area contributed by atoms with E-state index in [1.807, 2.05) is 20.8 Å². The van der Waals surface area contributed by atoms with Crippen LogP contribution in [-0.4, -0.2) is 21.9 Å². The SMILES string of the molecule is CCC(C)OC(=O)c1nn(CC)cc1N. The molecule has 0 aliphatic heterocycles. The first-order valence-corrected chi connectivity index (χ1v) is 5.12. The first-order valence-electron chi connectivity index (χ1n) is 5.12. The van der Waals surface area contributed by atoms with Crippen molar-refractivity contribution in [1.82, 2.24) is 9.78 Å². The van der Waals surface area contributed by atoms with Crippen LogP contribution in [0.4, 0.5) is 5.69 Å². The van der Waals surface area contributed by atoms with Crippen LogP contribution in [-0.2, 0) is 11.3 Å². The molecule has 1 atom stereocenters. The summed E-state index contributed by atoms with van der Waals surface area (Å²) in [5.41, 5.74) is 6.22. The lowest BCUT2D eigenvalue weighted by Crippen LogP contribution is -2.15. The number of aromatic nitrogens is 2. The van der Waals surface area contributed by atoms with Gasteiger partial charge < -0.3 is 10.5 Å². The largest absolute Gasteiger partial charge is 0.458 e. The zero-order valence-electron chi connectivity index (χ0n) is 9.36. The summed E-state index contributed by atoms with van der Waals surface area (Å²) in [6.45, 7) is 6.40. The molecule has 1 aromatic rings. The van der Waals surface area contributed by atoms with E-state index in [2.05, 4.69) is 5.10 Å². The number of rotatable bonds is 4. The minimum Gasteiger partial charge on any atom is -0.458 e. The lowest BCUT2D eigenvalue weighted by atomic mass is 10.3. The maximum absolute atomic E-state index is 11.6. The molecule has 1 rings (SSSR count). The highest BCUT2D eigenvalue weighted by Gasteiger charge is 2.17. The van der Waals surface area contributed by atoms with E-state index in [-0.39, 0.29) is 11.8 Å². The van der Waals surface area contributed by atoms with E-state index < -0.39 is 5.97 Å². The van der Waals surface area contributed by atoms with Gasteiger partial charge in [0.05, 0.1) is 11.8 Å². The highest BCUT2D eigenvalue weighted by atomic mass is 16.5. The van der Waals surface area contributed by atoms with Gasteiger partial charge in [0.15, 0.2) is 5.69 Å². The second-order valence-electron chi connectivity index (χ2n) is 3.41. The van der Waals surface area contributed by atoms with Gasteiger partial charge in [-0.2, -0.15) is 5.10 Å². The maximum atomic E-state index is 11.6. The van der Waals surface area contributed by atoms with Crippen LogP contribution in [0, 0.1) is 0 Å². The third kappa shape index (κ3) is 2.71. The molecule has 1 unspecified atom stereocenters. The fraction of sp³-hybridized carbons (Fsp3) is 0.600. The molecule has 15 heavy (non-hydrogen) atoms. The summed E-state index contributed by atoms with van der Waals surface area (Å²) in [7, 11) is 0. The minimum atomic E-state index is -0.450. The van der Waals surface area contributed by atoms with Gasteiger partial charge in [0.1, 0.15) is 0 Å². The molecule has 0 spiro atoms. The third-order valence-corrected chi connectivity index (χ3v) is 2.19. The summed E-state index contributed by atoms with van der Waals surface area (Å²) in [5.74, 6) is -0.450. The molecule has 0 aliphatic rings. The van der Waals surface area contributed by atoms with Gasteiger partial charge in [0.2, 0.25) is 0 Å². The molecule has 0 amide bonds. The fourth-order valence-corrected chi connectivity index (χ4v) is 1.08. The monoisotopic (exact) mass is 211 g/mol. The van der Waals surface area contributed by atoms with Crippen LogP contribution in [0.25, 0.3) is 0 Å². The number of esters is 1. The van der Waals surface area contributed by atoms with Crippen molar-refractivity contribution in [3.8, 4) is 0 Å². The molecule has 5 heteroatoms. The number of carbonyl (C=O) groups excluding carboxylic acids is 1. The Hall–Kier alpha value is -1.52. The predicted octanol–water partition coefficient (Wildman–Crippen LogP) is 1.44.